The Balaban J connectivity index is 3.13. The molecule has 0 bridgehead atoms. The van der Waals surface area contributed by atoms with Crippen molar-refractivity contribution in [2.75, 3.05) is 19.9 Å². The van der Waals surface area contributed by atoms with Crippen molar-refractivity contribution in [3.05, 3.63) is 28.8 Å². The van der Waals surface area contributed by atoms with Crippen LogP contribution in [0.4, 0.5) is 0 Å². The van der Waals surface area contributed by atoms with Crippen molar-refractivity contribution in [3.63, 3.8) is 0 Å². The molecule has 1 rings (SSSR count). The van der Waals surface area contributed by atoms with E-state index in [2.05, 4.69) is 5.32 Å². The fourth-order valence-electron chi connectivity index (χ4n) is 1.98. The molecule has 1 aromatic rings. The third-order valence-electron chi connectivity index (χ3n) is 3.29. The lowest BCUT2D eigenvalue weighted by molar-refractivity contribution is 0.414. The minimum Gasteiger partial charge on any atom is -0.495 e. The molecule has 2 atom stereocenters. The van der Waals surface area contributed by atoms with Gasteiger partial charge in [0.25, 0.3) is 0 Å². The SMILES string of the molecule is CCCNC(c1ccc(OC)c(Cl)c1)C(C)S(C)(=O)=O. The maximum atomic E-state index is 11.8. The Hall–Kier alpha value is -0.780. The van der Waals surface area contributed by atoms with E-state index in [1.54, 1.807) is 26.2 Å². The molecular weight excluding hydrogens is 298 g/mol. The van der Waals surface area contributed by atoms with E-state index in [-0.39, 0.29) is 6.04 Å². The van der Waals surface area contributed by atoms with Gasteiger partial charge in [0.2, 0.25) is 0 Å². The van der Waals surface area contributed by atoms with Crippen LogP contribution < -0.4 is 10.1 Å². The molecule has 0 radical (unpaired) electrons. The first-order chi connectivity index (χ1) is 9.31. The summed E-state index contributed by atoms with van der Waals surface area (Å²) in [5.74, 6) is 0.580. The van der Waals surface area contributed by atoms with Crippen molar-refractivity contribution in [1.29, 1.82) is 0 Å². The van der Waals surface area contributed by atoms with Crippen LogP contribution in [0.3, 0.4) is 0 Å². The van der Waals surface area contributed by atoms with E-state index in [1.165, 1.54) is 6.26 Å². The molecule has 1 N–H and O–H groups in total. The lowest BCUT2D eigenvalue weighted by atomic mass is 10.0. The third-order valence-corrected chi connectivity index (χ3v) is 5.21. The number of sulfone groups is 1. The van der Waals surface area contributed by atoms with Gasteiger partial charge in [0.15, 0.2) is 9.84 Å². The maximum Gasteiger partial charge on any atom is 0.151 e. The normalized spacial score (nSPS) is 14.8. The van der Waals surface area contributed by atoms with Gasteiger partial charge in [-0.25, -0.2) is 8.42 Å². The van der Waals surface area contributed by atoms with E-state index >= 15 is 0 Å². The standard InChI is InChI=1S/C14H22ClNO3S/c1-5-8-16-14(10(2)20(4,17)18)11-6-7-13(19-3)12(15)9-11/h6-7,9-10,14,16H,5,8H2,1-4H3. The largest absolute Gasteiger partial charge is 0.495 e. The first-order valence-electron chi connectivity index (χ1n) is 6.57. The summed E-state index contributed by atoms with van der Waals surface area (Å²) >= 11 is 6.12. The Labute approximate surface area is 126 Å². The molecule has 2 unspecified atom stereocenters. The molecule has 20 heavy (non-hydrogen) atoms. The van der Waals surface area contributed by atoms with E-state index in [9.17, 15) is 8.42 Å². The van der Waals surface area contributed by atoms with Gasteiger partial charge in [0.05, 0.1) is 17.4 Å². The molecule has 0 amide bonds. The van der Waals surface area contributed by atoms with Crippen LogP contribution in [0, 0.1) is 0 Å². The highest BCUT2D eigenvalue weighted by Crippen LogP contribution is 2.30. The molecule has 0 aromatic heterocycles. The Morgan fingerprint density at radius 3 is 2.50 bits per heavy atom. The minimum absolute atomic E-state index is 0.284. The summed E-state index contributed by atoms with van der Waals surface area (Å²) in [6, 6.07) is 5.08. The number of hydrogen-bond acceptors (Lipinski definition) is 4. The third kappa shape index (κ3) is 4.36. The Morgan fingerprint density at radius 1 is 1.40 bits per heavy atom. The Bertz CT molecular complexity index is 545. The molecule has 114 valence electrons. The average molecular weight is 320 g/mol. The van der Waals surface area contributed by atoms with Crippen molar-refractivity contribution < 1.29 is 13.2 Å². The number of rotatable bonds is 7. The zero-order chi connectivity index (χ0) is 15.3. The second-order valence-corrected chi connectivity index (χ2v) is 7.67. The van der Waals surface area contributed by atoms with Crippen LogP contribution in [0.1, 0.15) is 31.9 Å². The van der Waals surface area contributed by atoms with Gasteiger partial charge < -0.3 is 10.1 Å². The van der Waals surface area contributed by atoms with Crippen LogP contribution in [-0.2, 0) is 9.84 Å². The summed E-state index contributed by atoms with van der Waals surface area (Å²) in [6.07, 6.45) is 2.18. The number of methoxy groups -OCH3 is 1. The van der Waals surface area contributed by atoms with Gasteiger partial charge in [0, 0.05) is 12.3 Å². The molecular formula is C14H22ClNO3S. The second kappa shape index (κ2) is 7.29. The number of nitrogens with one attached hydrogen (secondary N) is 1. The fourth-order valence-corrected chi connectivity index (χ4v) is 2.99. The van der Waals surface area contributed by atoms with Crippen molar-refractivity contribution in [2.24, 2.45) is 0 Å². The maximum absolute atomic E-state index is 11.8. The van der Waals surface area contributed by atoms with Gasteiger partial charge in [-0.15, -0.1) is 0 Å². The van der Waals surface area contributed by atoms with E-state index in [0.717, 1.165) is 18.5 Å². The Kier molecular flexibility index (Phi) is 6.30. The zero-order valence-electron chi connectivity index (χ0n) is 12.3. The molecule has 1 aromatic carbocycles. The second-order valence-electron chi connectivity index (χ2n) is 4.86. The first-order valence-corrected chi connectivity index (χ1v) is 8.90. The van der Waals surface area contributed by atoms with Gasteiger partial charge in [-0.05, 0) is 37.6 Å². The average Bonchev–Trinajstić information content (AvgIpc) is 2.38. The van der Waals surface area contributed by atoms with Crippen LogP contribution in [0.15, 0.2) is 18.2 Å². The van der Waals surface area contributed by atoms with Crippen molar-refractivity contribution >= 4 is 21.4 Å². The monoisotopic (exact) mass is 319 g/mol. The molecule has 4 nitrogen and oxygen atoms in total. The smallest absolute Gasteiger partial charge is 0.151 e. The topological polar surface area (TPSA) is 55.4 Å². The summed E-state index contributed by atoms with van der Waals surface area (Å²) in [7, 11) is -1.60. The fraction of sp³-hybridized carbons (Fsp3) is 0.571. The highest BCUT2D eigenvalue weighted by molar-refractivity contribution is 7.91. The van der Waals surface area contributed by atoms with Crippen LogP contribution in [-0.4, -0.2) is 33.6 Å². The quantitative estimate of drug-likeness (QED) is 0.839. The molecule has 0 aliphatic carbocycles. The molecule has 0 spiro atoms. The van der Waals surface area contributed by atoms with E-state index in [1.807, 2.05) is 13.0 Å². The Morgan fingerprint density at radius 2 is 2.05 bits per heavy atom. The summed E-state index contributed by atoms with van der Waals surface area (Å²) in [4.78, 5) is 0. The number of halogens is 1. The minimum atomic E-state index is -3.15. The van der Waals surface area contributed by atoms with Crippen LogP contribution in [0.25, 0.3) is 0 Å². The number of benzene rings is 1. The molecule has 0 aliphatic rings. The van der Waals surface area contributed by atoms with E-state index in [4.69, 9.17) is 16.3 Å². The van der Waals surface area contributed by atoms with E-state index in [0.29, 0.717) is 10.8 Å². The van der Waals surface area contributed by atoms with Gasteiger partial charge in [-0.2, -0.15) is 0 Å². The first kappa shape index (κ1) is 17.3. The highest BCUT2D eigenvalue weighted by Gasteiger charge is 2.27. The summed E-state index contributed by atoms with van der Waals surface area (Å²) in [5.41, 5.74) is 0.849. The van der Waals surface area contributed by atoms with E-state index < -0.39 is 15.1 Å². The number of hydrogen-bond donors (Lipinski definition) is 1. The van der Waals surface area contributed by atoms with Crippen LogP contribution in [0.2, 0.25) is 5.02 Å². The zero-order valence-corrected chi connectivity index (χ0v) is 13.9. The lowest BCUT2D eigenvalue weighted by Crippen LogP contribution is -2.35. The molecule has 0 saturated carbocycles. The summed E-state index contributed by atoms with van der Waals surface area (Å²) in [6.45, 7) is 4.49. The summed E-state index contributed by atoms with van der Waals surface area (Å²) < 4.78 is 28.8. The van der Waals surface area contributed by atoms with Gasteiger partial charge in [-0.1, -0.05) is 24.6 Å². The van der Waals surface area contributed by atoms with Gasteiger partial charge >= 0.3 is 0 Å². The van der Waals surface area contributed by atoms with Crippen LogP contribution >= 0.6 is 11.6 Å². The molecule has 0 fully saturated rings. The van der Waals surface area contributed by atoms with Gasteiger partial charge in [0.1, 0.15) is 5.75 Å². The predicted molar refractivity (Wildman–Crippen MR) is 83.3 cm³/mol. The van der Waals surface area contributed by atoms with Gasteiger partial charge in [-0.3, -0.25) is 0 Å². The number of ether oxygens (including phenoxy) is 1. The summed E-state index contributed by atoms with van der Waals surface area (Å²) in [5, 5.41) is 3.23. The molecule has 0 saturated heterocycles. The lowest BCUT2D eigenvalue weighted by Gasteiger charge is -2.25. The van der Waals surface area contributed by atoms with Crippen molar-refractivity contribution in [1.82, 2.24) is 5.32 Å². The van der Waals surface area contributed by atoms with Crippen molar-refractivity contribution in [2.45, 2.75) is 31.6 Å². The molecule has 6 heteroatoms. The molecule has 0 heterocycles. The van der Waals surface area contributed by atoms with Crippen molar-refractivity contribution in [3.8, 4) is 5.75 Å². The highest BCUT2D eigenvalue weighted by atomic mass is 35.5. The predicted octanol–water partition coefficient (Wildman–Crippen LogP) is 2.82. The van der Waals surface area contributed by atoms with Crippen LogP contribution in [0.5, 0.6) is 5.75 Å². The molecule has 0 aliphatic heterocycles.